The number of anilines is 2. The van der Waals surface area contributed by atoms with Gasteiger partial charge in [0.05, 0.1) is 5.69 Å². The Morgan fingerprint density at radius 3 is 2.76 bits per heavy atom. The highest BCUT2D eigenvalue weighted by Gasteiger charge is 2.19. The molecule has 4 rings (SSSR count). The first-order valence-electron chi connectivity index (χ1n) is 9.42. The molecule has 1 aliphatic rings. The van der Waals surface area contributed by atoms with E-state index in [9.17, 15) is 4.79 Å². The largest absolute Gasteiger partial charge is 0.486 e. The maximum absolute atomic E-state index is 12.6. The Kier molecular flexibility index (Phi) is 5.96. The molecule has 3 aromatic rings. The van der Waals surface area contributed by atoms with E-state index in [1.54, 1.807) is 31.2 Å². The first-order chi connectivity index (χ1) is 14.1. The van der Waals surface area contributed by atoms with E-state index in [0.29, 0.717) is 38.2 Å². The Morgan fingerprint density at radius 2 is 2.00 bits per heavy atom. The molecule has 0 radical (unpaired) electrons. The number of benzene rings is 1. The lowest BCUT2D eigenvalue weighted by atomic mass is 10.1. The highest BCUT2D eigenvalue weighted by atomic mass is 35.5. The van der Waals surface area contributed by atoms with Crippen LogP contribution in [0.25, 0.3) is 0 Å². The molecule has 3 heterocycles. The van der Waals surface area contributed by atoms with Crippen molar-refractivity contribution in [2.45, 2.75) is 32.8 Å². The Hall–Kier alpha value is -2.65. The first-order valence-corrected chi connectivity index (χ1v) is 10.6. The van der Waals surface area contributed by atoms with Crippen LogP contribution in [0, 0.1) is 6.92 Å². The fourth-order valence-electron chi connectivity index (χ4n) is 3.11. The van der Waals surface area contributed by atoms with Crippen molar-refractivity contribution in [1.29, 1.82) is 0 Å². The molecule has 1 aliphatic heterocycles. The topological polar surface area (TPSA) is 96.0 Å². The van der Waals surface area contributed by atoms with E-state index in [1.165, 1.54) is 17.8 Å². The lowest BCUT2D eigenvalue weighted by Gasteiger charge is -2.24. The average Bonchev–Trinajstić information content (AvgIpc) is 3.35. The van der Waals surface area contributed by atoms with Crippen molar-refractivity contribution >= 4 is 40.7 Å². The number of piperidine rings is 1. The number of hydrogen-bond donors (Lipinski definition) is 2. The van der Waals surface area contributed by atoms with Gasteiger partial charge < -0.3 is 9.64 Å². The van der Waals surface area contributed by atoms with Gasteiger partial charge in [-0.2, -0.15) is 4.98 Å². The van der Waals surface area contributed by atoms with E-state index in [1.807, 2.05) is 0 Å². The van der Waals surface area contributed by atoms with Crippen LogP contribution in [0.3, 0.4) is 0 Å². The molecule has 0 bridgehead atoms. The zero-order valence-corrected chi connectivity index (χ0v) is 17.5. The zero-order chi connectivity index (χ0) is 20.2. The standard InChI is InChI=1S/C19H21ClN6O2S/c1-12-16(29-15(21-12)11-28-14-7-5-13(20)6-8-14)17(27)22-18-23-19(25-24-18)26-9-3-2-4-10-26/h5-8H,2-4,9-11H2,1H3,(H2,22,23,24,25,27). The van der Waals surface area contributed by atoms with Gasteiger partial charge in [-0.1, -0.05) is 11.6 Å². The fraction of sp³-hybridized carbons (Fsp3) is 0.368. The summed E-state index contributed by atoms with van der Waals surface area (Å²) in [7, 11) is 0. The molecule has 2 aromatic heterocycles. The number of halogens is 1. The number of rotatable bonds is 6. The van der Waals surface area contributed by atoms with Crippen molar-refractivity contribution < 1.29 is 9.53 Å². The number of carbonyl (C=O) groups excluding carboxylic acids is 1. The van der Waals surface area contributed by atoms with Gasteiger partial charge in [0, 0.05) is 18.1 Å². The minimum absolute atomic E-state index is 0.265. The summed E-state index contributed by atoms with van der Waals surface area (Å²) in [5, 5.41) is 11.2. The normalized spacial score (nSPS) is 14.1. The second kappa shape index (κ2) is 8.79. The van der Waals surface area contributed by atoms with Crippen LogP contribution < -0.4 is 15.0 Å². The predicted octanol–water partition coefficient (Wildman–Crippen LogP) is 4.04. The van der Waals surface area contributed by atoms with Gasteiger partial charge in [0.2, 0.25) is 11.9 Å². The number of ether oxygens (including phenoxy) is 1. The minimum atomic E-state index is -0.265. The molecule has 10 heteroatoms. The second-order valence-corrected chi connectivity index (χ2v) is 8.27. The summed E-state index contributed by atoms with van der Waals surface area (Å²) in [4.78, 5) is 24.1. The van der Waals surface area contributed by atoms with E-state index in [2.05, 4.69) is 30.4 Å². The third-order valence-electron chi connectivity index (χ3n) is 4.57. The van der Waals surface area contributed by atoms with Gasteiger partial charge in [-0.25, -0.2) is 10.1 Å². The molecule has 2 N–H and O–H groups in total. The Balaban J connectivity index is 1.37. The Morgan fingerprint density at radius 1 is 1.24 bits per heavy atom. The number of nitrogens with one attached hydrogen (secondary N) is 2. The van der Waals surface area contributed by atoms with Crippen LogP contribution in [0.4, 0.5) is 11.9 Å². The van der Waals surface area contributed by atoms with Crippen molar-refractivity contribution in [2.75, 3.05) is 23.3 Å². The number of carbonyl (C=O) groups is 1. The van der Waals surface area contributed by atoms with Crippen LogP contribution in [-0.2, 0) is 6.61 Å². The minimum Gasteiger partial charge on any atom is -0.486 e. The van der Waals surface area contributed by atoms with E-state index < -0.39 is 0 Å². The summed E-state index contributed by atoms with van der Waals surface area (Å²) in [5.74, 6) is 1.39. The molecule has 0 atom stereocenters. The van der Waals surface area contributed by atoms with Crippen molar-refractivity contribution in [1.82, 2.24) is 20.2 Å². The van der Waals surface area contributed by atoms with Gasteiger partial charge in [-0.15, -0.1) is 16.4 Å². The summed E-state index contributed by atoms with van der Waals surface area (Å²) in [6, 6.07) is 7.11. The molecule has 1 amide bonds. The Labute approximate surface area is 177 Å². The number of nitrogens with zero attached hydrogens (tertiary/aromatic N) is 4. The van der Waals surface area contributed by atoms with Crippen molar-refractivity contribution in [2.24, 2.45) is 0 Å². The molecule has 8 nitrogen and oxygen atoms in total. The quantitative estimate of drug-likeness (QED) is 0.610. The number of amides is 1. The van der Waals surface area contributed by atoms with Crippen LogP contribution >= 0.6 is 22.9 Å². The van der Waals surface area contributed by atoms with E-state index in [0.717, 1.165) is 25.9 Å². The van der Waals surface area contributed by atoms with Gasteiger partial charge >= 0.3 is 0 Å². The molecule has 1 fully saturated rings. The zero-order valence-electron chi connectivity index (χ0n) is 15.9. The number of H-pyrrole nitrogens is 1. The summed E-state index contributed by atoms with van der Waals surface area (Å²) in [6.45, 7) is 3.96. The molecule has 1 saturated heterocycles. The summed E-state index contributed by atoms with van der Waals surface area (Å²) in [6.07, 6.45) is 3.51. The Bertz CT molecular complexity index is 981. The second-order valence-electron chi connectivity index (χ2n) is 6.75. The van der Waals surface area contributed by atoms with Crippen molar-refractivity contribution in [3.8, 4) is 5.75 Å². The van der Waals surface area contributed by atoms with Crippen LogP contribution in [0.1, 0.15) is 39.6 Å². The number of aromatic amines is 1. The SMILES string of the molecule is Cc1nc(COc2ccc(Cl)cc2)sc1C(=O)Nc1nc(N2CCCCC2)n[nH]1. The maximum atomic E-state index is 12.6. The molecule has 29 heavy (non-hydrogen) atoms. The van der Waals surface area contributed by atoms with Gasteiger partial charge in [-0.3, -0.25) is 10.1 Å². The number of thiazole rings is 1. The van der Waals surface area contributed by atoms with Crippen LogP contribution in [0.5, 0.6) is 5.75 Å². The maximum Gasteiger partial charge on any atom is 0.270 e. The van der Waals surface area contributed by atoms with Crippen molar-refractivity contribution in [3.63, 3.8) is 0 Å². The third-order valence-corrected chi connectivity index (χ3v) is 5.95. The van der Waals surface area contributed by atoms with Crippen LogP contribution in [0.15, 0.2) is 24.3 Å². The van der Waals surface area contributed by atoms with Crippen LogP contribution in [0.2, 0.25) is 5.02 Å². The fourth-order valence-corrected chi connectivity index (χ4v) is 4.11. The predicted molar refractivity (Wildman–Crippen MR) is 113 cm³/mol. The molecular weight excluding hydrogens is 412 g/mol. The van der Waals surface area contributed by atoms with Crippen LogP contribution in [-0.4, -0.2) is 39.2 Å². The average molecular weight is 433 g/mol. The monoisotopic (exact) mass is 432 g/mol. The van der Waals surface area contributed by atoms with Gasteiger partial charge in [0.25, 0.3) is 5.91 Å². The molecule has 0 aliphatic carbocycles. The lowest BCUT2D eigenvalue weighted by molar-refractivity contribution is 0.102. The van der Waals surface area contributed by atoms with Gasteiger partial charge in [-0.05, 0) is 50.5 Å². The first kappa shape index (κ1) is 19.7. The highest BCUT2D eigenvalue weighted by molar-refractivity contribution is 7.13. The molecule has 0 saturated carbocycles. The lowest BCUT2D eigenvalue weighted by Crippen LogP contribution is -2.30. The number of aromatic nitrogens is 4. The smallest absolute Gasteiger partial charge is 0.270 e. The molecule has 152 valence electrons. The van der Waals surface area contributed by atoms with Gasteiger partial charge in [0.1, 0.15) is 22.2 Å². The van der Waals surface area contributed by atoms with Gasteiger partial charge in [0.15, 0.2) is 0 Å². The molecule has 0 unspecified atom stereocenters. The molecule has 0 spiro atoms. The number of aryl methyl sites for hydroxylation is 1. The summed E-state index contributed by atoms with van der Waals surface area (Å²) in [5.41, 5.74) is 0.651. The number of hydrogen-bond acceptors (Lipinski definition) is 7. The molecular formula is C19H21ClN6O2S. The summed E-state index contributed by atoms with van der Waals surface area (Å²) < 4.78 is 5.71. The van der Waals surface area contributed by atoms with E-state index in [-0.39, 0.29) is 12.5 Å². The van der Waals surface area contributed by atoms with E-state index in [4.69, 9.17) is 16.3 Å². The molecule has 1 aromatic carbocycles. The van der Waals surface area contributed by atoms with E-state index >= 15 is 0 Å². The summed E-state index contributed by atoms with van der Waals surface area (Å²) >= 11 is 7.17. The van der Waals surface area contributed by atoms with Crippen molar-refractivity contribution in [3.05, 3.63) is 44.9 Å². The third kappa shape index (κ3) is 4.86. The highest BCUT2D eigenvalue weighted by Crippen LogP contribution is 2.23.